The molecule has 0 fully saturated rings. The first kappa shape index (κ1) is 15.0. The van der Waals surface area contributed by atoms with Gasteiger partial charge in [-0.1, -0.05) is 6.92 Å². The Labute approximate surface area is 104 Å². The standard InChI is InChI=1S/C11H18F3N3O/c1-3-15-9(2)10-6-16-17(7-10)4-5-18-8-11(12,13)14/h6-7,9,15H,3-5,8H2,1-2H3. The lowest BCUT2D eigenvalue weighted by Crippen LogP contribution is -2.19. The van der Waals surface area contributed by atoms with Crippen molar-refractivity contribution >= 4 is 0 Å². The Balaban J connectivity index is 2.31. The van der Waals surface area contributed by atoms with Crippen molar-refractivity contribution in [1.82, 2.24) is 15.1 Å². The molecule has 1 heterocycles. The number of halogens is 3. The van der Waals surface area contributed by atoms with Gasteiger partial charge in [0.05, 0.1) is 19.3 Å². The number of hydrogen-bond donors (Lipinski definition) is 1. The van der Waals surface area contributed by atoms with Gasteiger partial charge in [-0.25, -0.2) is 0 Å². The first-order chi connectivity index (χ1) is 8.42. The van der Waals surface area contributed by atoms with Gasteiger partial charge in [-0.15, -0.1) is 0 Å². The van der Waals surface area contributed by atoms with Crippen molar-refractivity contribution in [2.75, 3.05) is 19.8 Å². The second-order valence-corrected chi connectivity index (χ2v) is 3.98. The van der Waals surface area contributed by atoms with Crippen LogP contribution in [0.15, 0.2) is 12.4 Å². The van der Waals surface area contributed by atoms with Gasteiger partial charge in [-0.2, -0.15) is 18.3 Å². The van der Waals surface area contributed by atoms with E-state index in [9.17, 15) is 13.2 Å². The Hall–Kier alpha value is -1.08. The van der Waals surface area contributed by atoms with Crippen molar-refractivity contribution in [2.24, 2.45) is 0 Å². The van der Waals surface area contributed by atoms with E-state index in [4.69, 9.17) is 0 Å². The van der Waals surface area contributed by atoms with E-state index in [-0.39, 0.29) is 12.6 Å². The van der Waals surface area contributed by atoms with Crippen LogP contribution in [-0.4, -0.2) is 35.7 Å². The molecule has 0 bridgehead atoms. The molecule has 104 valence electrons. The minimum atomic E-state index is -4.27. The van der Waals surface area contributed by atoms with E-state index in [1.807, 2.05) is 20.0 Å². The fourth-order valence-corrected chi connectivity index (χ4v) is 1.50. The van der Waals surface area contributed by atoms with Crippen LogP contribution in [0.1, 0.15) is 25.5 Å². The lowest BCUT2D eigenvalue weighted by molar-refractivity contribution is -0.174. The first-order valence-corrected chi connectivity index (χ1v) is 5.82. The average Bonchev–Trinajstić information content (AvgIpc) is 2.72. The first-order valence-electron chi connectivity index (χ1n) is 5.82. The van der Waals surface area contributed by atoms with Crippen molar-refractivity contribution in [2.45, 2.75) is 32.6 Å². The third kappa shape index (κ3) is 5.50. The molecule has 0 saturated carbocycles. The lowest BCUT2D eigenvalue weighted by atomic mass is 10.2. The van der Waals surface area contributed by atoms with Crippen LogP contribution in [0.25, 0.3) is 0 Å². The van der Waals surface area contributed by atoms with E-state index in [1.54, 1.807) is 10.9 Å². The van der Waals surface area contributed by atoms with E-state index < -0.39 is 12.8 Å². The fourth-order valence-electron chi connectivity index (χ4n) is 1.50. The van der Waals surface area contributed by atoms with Crippen LogP contribution in [0.2, 0.25) is 0 Å². The molecule has 7 heteroatoms. The molecular weight excluding hydrogens is 247 g/mol. The van der Waals surface area contributed by atoms with Gasteiger partial charge in [0, 0.05) is 17.8 Å². The van der Waals surface area contributed by atoms with Crippen LogP contribution in [0.3, 0.4) is 0 Å². The summed E-state index contributed by atoms with van der Waals surface area (Å²) in [6, 6.07) is 0.180. The van der Waals surface area contributed by atoms with Gasteiger partial charge < -0.3 is 10.1 Å². The van der Waals surface area contributed by atoms with Crippen molar-refractivity contribution in [3.63, 3.8) is 0 Å². The Morgan fingerprint density at radius 3 is 2.83 bits per heavy atom. The molecule has 1 aromatic rings. The summed E-state index contributed by atoms with van der Waals surface area (Å²) in [6.07, 6.45) is -0.754. The van der Waals surface area contributed by atoms with Crippen molar-refractivity contribution in [1.29, 1.82) is 0 Å². The zero-order valence-electron chi connectivity index (χ0n) is 10.5. The molecule has 0 radical (unpaired) electrons. The van der Waals surface area contributed by atoms with Gasteiger partial charge in [-0.3, -0.25) is 4.68 Å². The predicted molar refractivity (Wildman–Crippen MR) is 61.2 cm³/mol. The van der Waals surface area contributed by atoms with Crippen LogP contribution in [-0.2, 0) is 11.3 Å². The summed E-state index contributed by atoms with van der Waals surface area (Å²) >= 11 is 0. The quantitative estimate of drug-likeness (QED) is 0.768. The smallest absolute Gasteiger partial charge is 0.370 e. The molecule has 0 amide bonds. The summed E-state index contributed by atoms with van der Waals surface area (Å²) in [5, 5.41) is 7.30. The minimum Gasteiger partial charge on any atom is -0.370 e. The van der Waals surface area contributed by atoms with Crippen molar-refractivity contribution in [3.05, 3.63) is 18.0 Å². The second kappa shape index (κ2) is 6.75. The van der Waals surface area contributed by atoms with Crippen LogP contribution < -0.4 is 5.32 Å². The Morgan fingerprint density at radius 2 is 2.22 bits per heavy atom. The Morgan fingerprint density at radius 1 is 1.50 bits per heavy atom. The summed E-state index contributed by atoms with van der Waals surface area (Å²) in [5.41, 5.74) is 1.01. The summed E-state index contributed by atoms with van der Waals surface area (Å²) in [5.74, 6) is 0. The molecule has 4 nitrogen and oxygen atoms in total. The second-order valence-electron chi connectivity index (χ2n) is 3.98. The van der Waals surface area contributed by atoms with E-state index >= 15 is 0 Å². The monoisotopic (exact) mass is 265 g/mol. The number of nitrogens with zero attached hydrogens (tertiary/aromatic N) is 2. The molecule has 1 aromatic heterocycles. The molecule has 0 aliphatic rings. The molecule has 1 unspecified atom stereocenters. The maximum atomic E-state index is 11.8. The number of aromatic nitrogens is 2. The predicted octanol–water partition coefficient (Wildman–Crippen LogP) is 2.13. The molecule has 0 aliphatic heterocycles. The van der Waals surface area contributed by atoms with E-state index in [0.29, 0.717) is 6.54 Å². The van der Waals surface area contributed by atoms with Crippen LogP contribution in [0.5, 0.6) is 0 Å². The highest BCUT2D eigenvalue weighted by Crippen LogP contribution is 2.14. The van der Waals surface area contributed by atoms with Gasteiger partial charge in [-0.05, 0) is 13.5 Å². The molecular formula is C11H18F3N3O. The topological polar surface area (TPSA) is 39.1 Å². The molecule has 0 aliphatic carbocycles. The van der Waals surface area contributed by atoms with E-state index in [1.165, 1.54) is 0 Å². The maximum Gasteiger partial charge on any atom is 0.411 e. The van der Waals surface area contributed by atoms with Crippen LogP contribution >= 0.6 is 0 Å². The zero-order chi connectivity index (χ0) is 13.6. The van der Waals surface area contributed by atoms with Gasteiger partial charge in [0.25, 0.3) is 0 Å². The van der Waals surface area contributed by atoms with E-state index in [0.717, 1.165) is 12.1 Å². The molecule has 0 aromatic carbocycles. The molecule has 18 heavy (non-hydrogen) atoms. The minimum absolute atomic E-state index is 0.00375. The molecule has 0 spiro atoms. The van der Waals surface area contributed by atoms with Gasteiger partial charge in [0.15, 0.2) is 0 Å². The average molecular weight is 265 g/mol. The molecule has 0 saturated heterocycles. The summed E-state index contributed by atoms with van der Waals surface area (Å²) in [7, 11) is 0. The number of ether oxygens (including phenoxy) is 1. The molecule has 1 rings (SSSR count). The van der Waals surface area contributed by atoms with Crippen molar-refractivity contribution in [3.8, 4) is 0 Å². The summed E-state index contributed by atoms with van der Waals surface area (Å²) < 4.78 is 41.6. The normalized spacial score (nSPS) is 13.8. The Bertz CT molecular complexity index is 352. The number of nitrogens with one attached hydrogen (secondary N) is 1. The van der Waals surface area contributed by atoms with Crippen LogP contribution in [0, 0.1) is 0 Å². The highest BCUT2D eigenvalue weighted by Gasteiger charge is 2.27. The third-order valence-corrected chi connectivity index (χ3v) is 2.39. The van der Waals surface area contributed by atoms with Gasteiger partial charge in [0.1, 0.15) is 6.61 Å². The SMILES string of the molecule is CCNC(C)c1cnn(CCOCC(F)(F)F)c1. The summed E-state index contributed by atoms with van der Waals surface area (Å²) in [6.45, 7) is 3.96. The highest BCUT2D eigenvalue weighted by molar-refractivity contribution is 5.08. The Kier molecular flexibility index (Phi) is 5.61. The number of rotatable bonds is 7. The third-order valence-electron chi connectivity index (χ3n) is 2.39. The zero-order valence-corrected chi connectivity index (χ0v) is 10.5. The molecule has 1 N–H and O–H groups in total. The molecule has 1 atom stereocenters. The largest absolute Gasteiger partial charge is 0.411 e. The lowest BCUT2D eigenvalue weighted by Gasteiger charge is -2.09. The number of hydrogen-bond acceptors (Lipinski definition) is 3. The van der Waals surface area contributed by atoms with Crippen molar-refractivity contribution < 1.29 is 17.9 Å². The highest BCUT2D eigenvalue weighted by atomic mass is 19.4. The fraction of sp³-hybridized carbons (Fsp3) is 0.727. The van der Waals surface area contributed by atoms with Gasteiger partial charge >= 0.3 is 6.18 Å². The van der Waals surface area contributed by atoms with Gasteiger partial charge in [0.2, 0.25) is 0 Å². The summed E-state index contributed by atoms with van der Waals surface area (Å²) in [4.78, 5) is 0. The van der Waals surface area contributed by atoms with Crippen LogP contribution in [0.4, 0.5) is 13.2 Å². The van der Waals surface area contributed by atoms with E-state index in [2.05, 4.69) is 15.2 Å². The maximum absolute atomic E-state index is 11.8. The number of alkyl halides is 3.